The number of anilines is 4. The van der Waals surface area contributed by atoms with Gasteiger partial charge in [0.15, 0.2) is 34.8 Å². The molecule has 8 atom stereocenters. The number of piperidine rings is 2. The Morgan fingerprint density at radius 1 is 0.727 bits per heavy atom. The molecule has 7 N–H and O–H groups in total. The van der Waals surface area contributed by atoms with Crippen molar-refractivity contribution < 1.29 is 48.9 Å². The van der Waals surface area contributed by atoms with Crippen molar-refractivity contribution in [3.8, 4) is 11.5 Å². The molecule has 8 aliphatic rings. The summed E-state index contributed by atoms with van der Waals surface area (Å²) in [6, 6.07) is 3.99. The number of rotatable bonds is 9. The molecule has 1 amide bonds. The fourth-order valence-corrected chi connectivity index (χ4v) is 14.2. The topological polar surface area (TPSA) is 272 Å². The van der Waals surface area contributed by atoms with Crippen molar-refractivity contribution in [1.29, 1.82) is 0 Å². The molecule has 6 fully saturated rings. The number of carbonyl (C=O) groups excluding carboxylic acids is 1. The molecule has 0 unspecified atom stereocenters. The van der Waals surface area contributed by atoms with Crippen molar-refractivity contribution in [3.63, 3.8) is 0 Å². The zero-order chi connectivity index (χ0) is 53.8. The van der Waals surface area contributed by atoms with Crippen LogP contribution in [0.2, 0.25) is 0 Å². The number of nitrogens with one attached hydrogen (secondary N) is 1. The molecule has 0 bridgehead atoms. The summed E-state index contributed by atoms with van der Waals surface area (Å²) in [5.41, 5.74) is 6.81. The minimum Gasteiger partial charge on any atom is -0.486 e. The van der Waals surface area contributed by atoms with Crippen molar-refractivity contribution in [2.45, 2.75) is 160 Å². The summed E-state index contributed by atoms with van der Waals surface area (Å²) in [6.07, 6.45) is 10.7. The summed E-state index contributed by atoms with van der Waals surface area (Å²) in [7, 11) is 0. The first-order chi connectivity index (χ1) is 37.0. The van der Waals surface area contributed by atoms with E-state index in [2.05, 4.69) is 41.8 Å². The van der Waals surface area contributed by atoms with E-state index in [0.717, 1.165) is 66.0 Å². The lowest BCUT2D eigenvalue weighted by Gasteiger charge is -2.43. The minimum absolute atomic E-state index is 0.0311. The molecule has 22 nitrogen and oxygen atoms in total. The van der Waals surface area contributed by atoms with Crippen LogP contribution in [0.1, 0.15) is 84.5 Å². The van der Waals surface area contributed by atoms with Gasteiger partial charge in [0.25, 0.3) is 0 Å². The number of fused-ring (bicyclic) bond motifs is 6. The van der Waals surface area contributed by atoms with Crippen LogP contribution in [0.4, 0.5) is 28.1 Å². The van der Waals surface area contributed by atoms with E-state index in [1.807, 2.05) is 39.8 Å². The number of alkyl carbamates (subject to hydrolysis) is 1. The van der Waals surface area contributed by atoms with Crippen molar-refractivity contribution in [3.05, 3.63) is 48.3 Å². The number of aliphatic hydroxyl groups excluding tert-OH is 4. The van der Waals surface area contributed by atoms with Crippen LogP contribution in [-0.2, 0) is 27.4 Å². The van der Waals surface area contributed by atoms with Crippen molar-refractivity contribution in [1.82, 2.24) is 35.2 Å². The number of hydrogen-bond acceptors (Lipinski definition) is 23. The Labute approximate surface area is 457 Å². The summed E-state index contributed by atoms with van der Waals surface area (Å²) >= 11 is 2.87. The van der Waals surface area contributed by atoms with Crippen molar-refractivity contribution >= 4 is 52.9 Å². The molecule has 6 saturated heterocycles. The van der Waals surface area contributed by atoms with E-state index in [4.69, 9.17) is 49.4 Å². The zero-order valence-electron chi connectivity index (χ0n) is 44.4. The number of ether oxygens (including phenoxy) is 5. The van der Waals surface area contributed by atoms with Crippen LogP contribution in [-0.4, -0.2) is 176 Å². The van der Waals surface area contributed by atoms with Gasteiger partial charge in [-0.15, -0.1) is 0 Å². The molecule has 12 rings (SSSR count). The van der Waals surface area contributed by atoms with Crippen LogP contribution in [0, 0.1) is 10.8 Å². The highest BCUT2D eigenvalue weighted by Gasteiger charge is 2.51. The van der Waals surface area contributed by atoms with Crippen LogP contribution in [0.25, 0.3) is 0 Å². The Bertz CT molecular complexity index is 2780. The maximum Gasteiger partial charge on any atom is 0.407 e. The van der Waals surface area contributed by atoms with Crippen molar-refractivity contribution in [2.24, 2.45) is 16.6 Å². The largest absolute Gasteiger partial charge is 0.486 e. The Balaban J connectivity index is 0.000000166. The van der Waals surface area contributed by atoms with Crippen LogP contribution in [0.5, 0.6) is 11.5 Å². The predicted molar refractivity (Wildman–Crippen MR) is 287 cm³/mol. The third-order valence-corrected chi connectivity index (χ3v) is 18.5. The highest BCUT2D eigenvalue weighted by atomic mass is 32.2. The number of aliphatic hydroxyl groups is 4. The number of amides is 1. The molecule has 0 saturated carbocycles. The van der Waals surface area contributed by atoms with Gasteiger partial charge in [0, 0.05) is 68.5 Å². The summed E-state index contributed by atoms with van der Waals surface area (Å²) in [5, 5.41) is 45.0. The lowest BCUT2D eigenvalue weighted by Crippen LogP contribution is -2.55. The van der Waals surface area contributed by atoms with E-state index in [1.165, 1.54) is 23.5 Å². The molecular weight excluding hydrogens is 1030 g/mol. The van der Waals surface area contributed by atoms with Gasteiger partial charge in [0.2, 0.25) is 0 Å². The first kappa shape index (κ1) is 53.9. The standard InChI is InChI=1S/C29H40N6O6S.C24H32N6O4S/c1-17-24(33-27(38)41-28(2,3)4)29(16-40-17)6-9-34(10-7-29)25-20(14-36)32-22(12-31-25)42-21-5-8-30-26-23(21)39-15-18-11-19(37)13-35(18)26;1-14-21(25)24(13-34-14)3-6-29(7-4-24)22-17(11-31)28-19(9-27-22)35-18-2-5-26-23-20(18)33-12-15-8-16(32)10-30(15)23/h5,8,12,17-19,24,36-37H,6-7,9-11,13-16H2,1-4H3,(H,33,38);2,5,9,14-16,21,31-32H,3-4,6-8,10-13,25H2,1H3/t17-,18-,19-,24+;14-,15-,16-,21+/m00/s1. The second-order valence-corrected chi connectivity index (χ2v) is 24.9. The van der Waals surface area contributed by atoms with Crippen LogP contribution < -0.4 is 40.1 Å². The third-order valence-electron chi connectivity index (χ3n) is 16.6. The lowest BCUT2D eigenvalue weighted by atomic mass is 9.73. The van der Waals surface area contributed by atoms with Crippen LogP contribution in [0.3, 0.4) is 0 Å². The van der Waals surface area contributed by atoms with E-state index in [-0.39, 0.29) is 72.6 Å². The number of carbonyl (C=O) groups is 1. The summed E-state index contributed by atoms with van der Waals surface area (Å²) < 4.78 is 29.5. The van der Waals surface area contributed by atoms with Gasteiger partial charge in [-0.2, -0.15) is 0 Å². The molecule has 24 heteroatoms. The van der Waals surface area contributed by atoms with Crippen molar-refractivity contribution in [2.75, 3.05) is 85.3 Å². The molecule has 77 heavy (non-hydrogen) atoms. The Hall–Kier alpha value is -5.05. The van der Waals surface area contributed by atoms with Gasteiger partial charge in [-0.3, -0.25) is 0 Å². The molecule has 2 spiro atoms. The quantitative estimate of drug-likeness (QED) is 0.139. The summed E-state index contributed by atoms with van der Waals surface area (Å²) in [5.74, 6) is 4.31. The maximum atomic E-state index is 12.6. The van der Waals surface area contributed by atoms with Crippen LogP contribution in [0.15, 0.2) is 56.8 Å². The highest BCUT2D eigenvalue weighted by molar-refractivity contribution is 7.99. The number of aromatic nitrogens is 6. The average Bonchev–Trinajstić information content (AvgIpc) is 4.24. The second kappa shape index (κ2) is 21.9. The van der Waals surface area contributed by atoms with Gasteiger partial charge in [-0.1, -0.05) is 23.5 Å². The highest BCUT2D eigenvalue weighted by Crippen LogP contribution is 2.48. The van der Waals surface area contributed by atoms with E-state index in [0.29, 0.717) is 104 Å². The molecular formula is C53H72N12O10S2. The van der Waals surface area contributed by atoms with E-state index < -0.39 is 11.7 Å². The summed E-state index contributed by atoms with van der Waals surface area (Å²) in [4.78, 5) is 51.0. The van der Waals surface area contributed by atoms with E-state index in [9.17, 15) is 25.2 Å². The smallest absolute Gasteiger partial charge is 0.407 e. The normalized spacial score (nSPS) is 27.8. The molecule has 0 aromatic carbocycles. The molecule has 0 aliphatic carbocycles. The fraction of sp³-hybridized carbons (Fsp3) is 0.642. The Kier molecular flexibility index (Phi) is 15.3. The molecule has 0 radical (unpaired) electrons. The molecule has 4 aromatic rings. The first-order valence-corrected chi connectivity index (χ1v) is 28.6. The number of pyridine rings is 2. The van der Waals surface area contributed by atoms with Gasteiger partial charge in [0.1, 0.15) is 40.3 Å². The van der Waals surface area contributed by atoms with Gasteiger partial charge in [0.05, 0.1) is 91.2 Å². The lowest BCUT2D eigenvalue weighted by molar-refractivity contribution is 0.0434. The maximum absolute atomic E-state index is 12.6. The van der Waals surface area contributed by atoms with Gasteiger partial charge < -0.3 is 74.8 Å². The number of nitrogens with zero attached hydrogens (tertiary/aromatic N) is 10. The predicted octanol–water partition coefficient (Wildman–Crippen LogP) is 3.93. The molecule has 8 aliphatic heterocycles. The molecule has 12 heterocycles. The SMILES string of the molecule is C[C@@H]1OCC2(CCN(c3ncc(Sc4ccnc5c4OC[C@@H]4C[C@H](O)CN54)nc3CO)CC2)[C@@H]1N.C[C@@H]1OCC2(CCN(c3ncc(Sc4ccnc5c4OC[C@@H]4C[C@H](O)CN54)nc3CO)CC2)[C@@H]1NC(=O)OC(C)(C)C. The van der Waals surface area contributed by atoms with Gasteiger partial charge in [-0.05, 0) is 85.3 Å². The van der Waals surface area contributed by atoms with Gasteiger partial charge >= 0.3 is 6.09 Å². The summed E-state index contributed by atoms with van der Waals surface area (Å²) in [6.45, 7) is 15.6. The van der Waals surface area contributed by atoms with E-state index >= 15 is 0 Å². The Morgan fingerprint density at radius 3 is 1.65 bits per heavy atom. The monoisotopic (exact) mass is 1100 g/mol. The van der Waals surface area contributed by atoms with Crippen LogP contribution >= 0.6 is 23.5 Å². The van der Waals surface area contributed by atoms with Gasteiger partial charge in [-0.25, -0.2) is 34.7 Å². The average molecular weight is 1100 g/mol. The minimum atomic E-state index is -0.572. The molecule has 416 valence electrons. The molecule has 4 aromatic heterocycles. The van der Waals surface area contributed by atoms with E-state index in [1.54, 1.807) is 24.8 Å². The fourth-order valence-electron chi connectivity index (χ4n) is 12.5. The number of hydrogen-bond donors (Lipinski definition) is 6. The second-order valence-electron chi connectivity index (χ2n) is 22.8. The number of nitrogens with two attached hydrogens (primary N) is 1. The first-order valence-electron chi connectivity index (χ1n) is 26.9. The Morgan fingerprint density at radius 2 is 1.19 bits per heavy atom. The third kappa shape index (κ3) is 10.9. The zero-order valence-corrected chi connectivity index (χ0v) is 46.0.